The molecule has 0 radical (unpaired) electrons. The molecule has 0 heterocycles. The summed E-state index contributed by atoms with van der Waals surface area (Å²) in [5, 5.41) is 20.2. The summed E-state index contributed by atoms with van der Waals surface area (Å²) in [5.74, 6) is 3.20. The molecule has 29 heavy (non-hydrogen) atoms. The second-order valence-corrected chi connectivity index (χ2v) is 11.0. The largest absolute Gasteiger partial charge is 0.393 e. The van der Waals surface area contributed by atoms with Gasteiger partial charge in [0.15, 0.2) is 0 Å². The molecule has 0 bridgehead atoms. The zero-order chi connectivity index (χ0) is 21.2. The van der Waals surface area contributed by atoms with E-state index in [2.05, 4.69) is 46.4 Å². The first kappa shape index (κ1) is 22.8. The summed E-state index contributed by atoms with van der Waals surface area (Å²) in [7, 11) is 0. The highest BCUT2D eigenvalue weighted by Gasteiger charge is 2.50. The van der Waals surface area contributed by atoms with Crippen molar-refractivity contribution in [1.29, 1.82) is 0 Å². The van der Waals surface area contributed by atoms with Crippen molar-refractivity contribution in [2.24, 2.45) is 29.1 Å². The lowest BCUT2D eigenvalue weighted by Gasteiger charge is -2.44. The van der Waals surface area contributed by atoms with E-state index >= 15 is 0 Å². The molecule has 0 amide bonds. The summed E-state index contributed by atoms with van der Waals surface area (Å²) < 4.78 is 0. The zero-order valence-corrected chi connectivity index (χ0v) is 19.3. The van der Waals surface area contributed by atoms with Gasteiger partial charge in [0, 0.05) is 6.42 Å². The SMILES string of the molecule is C=C1/C(=C\C=C2/CCC[C@]3(C)[C@@H]([C@H](C)CCCC(C)C)CC[C@@H]23)C[C@@H](O)CC1O. The molecule has 3 aliphatic carbocycles. The Labute approximate surface area is 179 Å². The second-order valence-electron chi connectivity index (χ2n) is 11.0. The minimum absolute atomic E-state index is 0.420. The average molecular weight is 401 g/mol. The highest BCUT2D eigenvalue weighted by atomic mass is 16.3. The van der Waals surface area contributed by atoms with Crippen LogP contribution in [0.2, 0.25) is 0 Å². The molecule has 3 aliphatic rings. The fraction of sp³-hybridized carbons (Fsp3) is 0.778. The van der Waals surface area contributed by atoms with Crippen LogP contribution in [0.15, 0.2) is 35.5 Å². The standard InChI is InChI=1S/C27H44O2/c1-18(2)8-6-9-19(3)24-13-14-25-21(10-7-15-27(24,25)5)11-12-22-16-23(28)17-26(29)20(22)4/h11-12,18-19,23-26,28-29H,4,6-10,13-17H2,1-3,5H3/b21-11+,22-12-/t19-,23-,24-,25+,26?,27-/m1/s1. The van der Waals surface area contributed by atoms with Gasteiger partial charge in [0.1, 0.15) is 0 Å². The Kier molecular flexibility index (Phi) is 7.49. The summed E-state index contributed by atoms with van der Waals surface area (Å²) in [6.07, 6.45) is 15.2. The van der Waals surface area contributed by atoms with Gasteiger partial charge in [-0.1, -0.05) is 71.3 Å². The van der Waals surface area contributed by atoms with Gasteiger partial charge < -0.3 is 10.2 Å². The molecule has 2 heteroatoms. The van der Waals surface area contributed by atoms with Crippen LogP contribution in [-0.2, 0) is 0 Å². The van der Waals surface area contributed by atoms with Gasteiger partial charge in [-0.05, 0) is 78.8 Å². The van der Waals surface area contributed by atoms with Gasteiger partial charge in [-0.2, -0.15) is 0 Å². The van der Waals surface area contributed by atoms with E-state index < -0.39 is 12.2 Å². The third-order valence-corrected chi connectivity index (χ3v) is 8.43. The Hall–Kier alpha value is -0.860. The van der Waals surface area contributed by atoms with Crippen molar-refractivity contribution in [1.82, 2.24) is 0 Å². The molecule has 164 valence electrons. The van der Waals surface area contributed by atoms with Crippen molar-refractivity contribution in [3.05, 3.63) is 35.5 Å². The first-order valence-corrected chi connectivity index (χ1v) is 12.2. The lowest BCUT2D eigenvalue weighted by Crippen LogP contribution is -2.36. The maximum absolute atomic E-state index is 10.1. The molecule has 3 rings (SSSR count). The second kappa shape index (κ2) is 9.52. The third kappa shape index (κ3) is 5.07. The van der Waals surface area contributed by atoms with Crippen LogP contribution >= 0.6 is 0 Å². The number of fused-ring (bicyclic) bond motifs is 1. The lowest BCUT2D eigenvalue weighted by atomic mass is 9.60. The lowest BCUT2D eigenvalue weighted by molar-refractivity contribution is 0.0861. The number of hydrogen-bond acceptors (Lipinski definition) is 2. The van der Waals surface area contributed by atoms with E-state index in [0.717, 1.165) is 28.9 Å². The van der Waals surface area contributed by atoms with Crippen LogP contribution in [0.5, 0.6) is 0 Å². The smallest absolute Gasteiger partial charge is 0.0811 e. The zero-order valence-electron chi connectivity index (χ0n) is 19.3. The van der Waals surface area contributed by atoms with Crippen LogP contribution < -0.4 is 0 Å². The van der Waals surface area contributed by atoms with Gasteiger partial charge in [-0.3, -0.25) is 0 Å². The van der Waals surface area contributed by atoms with Gasteiger partial charge in [0.2, 0.25) is 0 Å². The Balaban J connectivity index is 1.71. The van der Waals surface area contributed by atoms with E-state index in [-0.39, 0.29) is 0 Å². The molecule has 0 spiro atoms. The fourth-order valence-electron chi connectivity index (χ4n) is 6.73. The maximum atomic E-state index is 10.1. The summed E-state index contributed by atoms with van der Waals surface area (Å²) in [6, 6.07) is 0. The molecule has 6 atom stereocenters. The van der Waals surface area contributed by atoms with Crippen molar-refractivity contribution in [3.8, 4) is 0 Å². The van der Waals surface area contributed by atoms with Gasteiger partial charge in [0.25, 0.3) is 0 Å². The highest BCUT2D eigenvalue weighted by Crippen LogP contribution is 2.59. The maximum Gasteiger partial charge on any atom is 0.0811 e. The Bertz CT molecular complexity index is 643. The van der Waals surface area contributed by atoms with Crippen molar-refractivity contribution in [2.75, 3.05) is 0 Å². The minimum Gasteiger partial charge on any atom is -0.393 e. The van der Waals surface area contributed by atoms with E-state index in [0.29, 0.717) is 24.2 Å². The fourth-order valence-corrected chi connectivity index (χ4v) is 6.73. The van der Waals surface area contributed by atoms with Gasteiger partial charge in [-0.25, -0.2) is 0 Å². The van der Waals surface area contributed by atoms with Crippen LogP contribution in [0.25, 0.3) is 0 Å². The average Bonchev–Trinajstić information content (AvgIpc) is 3.00. The monoisotopic (exact) mass is 400 g/mol. The molecule has 2 nitrogen and oxygen atoms in total. The van der Waals surface area contributed by atoms with Crippen LogP contribution in [0.4, 0.5) is 0 Å². The topological polar surface area (TPSA) is 40.5 Å². The molecule has 0 aromatic heterocycles. The summed E-state index contributed by atoms with van der Waals surface area (Å²) in [6.45, 7) is 13.8. The van der Waals surface area contributed by atoms with Crippen molar-refractivity contribution >= 4 is 0 Å². The molecule has 3 fully saturated rings. The molecule has 1 unspecified atom stereocenters. The van der Waals surface area contributed by atoms with Crippen LogP contribution in [0, 0.1) is 29.1 Å². The summed E-state index contributed by atoms with van der Waals surface area (Å²) in [4.78, 5) is 0. The minimum atomic E-state index is -0.595. The van der Waals surface area contributed by atoms with Gasteiger partial charge >= 0.3 is 0 Å². The first-order chi connectivity index (χ1) is 13.7. The van der Waals surface area contributed by atoms with E-state index in [1.165, 1.54) is 51.4 Å². The van der Waals surface area contributed by atoms with E-state index in [1.54, 1.807) is 5.57 Å². The molecule has 2 N–H and O–H groups in total. The van der Waals surface area contributed by atoms with Gasteiger partial charge in [0.05, 0.1) is 12.2 Å². The van der Waals surface area contributed by atoms with Crippen molar-refractivity contribution in [3.63, 3.8) is 0 Å². The van der Waals surface area contributed by atoms with Crippen LogP contribution in [0.1, 0.15) is 91.9 Å². The summed E-state index contributed by atoms with van der Waals surface area (Å²) >= 11 is 0. The van der Waals surface area contributed by atoms with Crippen molar-refractivity contribution < 1.29 is 10.2 Å². The predicted molar refractivity (Wildman–Crippen MR) is 123 cm³/mol. The van der Waals surface area contributed by atoms with Gasteiger partial charge in [-0.15, -0.1) is 0 Å². The molecular formula is C27H44O2. The Morgan fingerprint density at radius 2 is 1.90 bits per heavy atom. The molecular weight excluding hydrogens is 356 g/mol. The van der Waals surface area contributed by atoms with E-state index in [4.69, 9.17) is 0 Å². The van der Waals surface area contributed by atoms with Crippen LogP contribution in [-0.4, -0.2) is 22.4 Å². The number of hydrogen-bond donors (Lipinski definition) is 2. The molecule has 0 saturated heterocycles. The first-order valence-electron chi connectivity index (χ1n) is 12.2. The Morgan fingerprint density at radius 3 is 2.62 bits per heavy atom. The molecule has 0 aromatic rings. The number of aliphatic hydroxyl groups is 2. The number of rotatable bonds is 6. The highest BCUT2D eigenvalue weighted by molar-refractivity contribution is 5.38. The normalized spacial score (nSPS) is 39.3. The quantitative estimate of drug-likeness (QED) is 0.528. The number of allylic oxidation sites excluding steroid dienone is 3. The third-order valence-electron chi connectivity index (χ3n) is 8.43. The Morgan fingerprint density at radius 1 is 1.14 bits per heavy atom. The van der Waals surface area contributed by atoms with E-state index in [9.17, 15) is 10.2 Å². The molecule has 0 aliphatic heterocycles. The van der Waals surface area contributed by atoms with Crippen LogP contribution in [0.3, 0.4) is 0 Å². The summed E-state index contributed by atoms with van der Waals surface area (Å²) in [5.41, 5.74) is 3.88. The molecule has 3 saturated carbocycles. The predicted octanol–water partition coefficient (Wildman–Crippen LogP) is 6.59. The number of aliphatic hydroxyl groups excluding tert-OH is 2. The van der Waals surface area contributed by atoms with E-state index in [1.807, 2.05) is 0 Å². The molecule has 0 aromatic carbocycles. The van der Waals surface area contributed by atoms with Crippen molar-refractivity contribution in [2.45, 2.75) is 104 Å².